The zero-order valence-corrected chi connectivity index (χ0v) is 21.2. The maximum atomic E-state index is 11.9. The van der Waals surface area contributed by atoms with Crippen LogP contribution in [0.1, 0.15) is 24.1 Å². The van der Waals surface area contributed by atoms with Crippen molar-refractivity contribution < 1.29 is 14.3 Å². The number of nitrogens with zero attached hydrogens (tertiary/aromatic N) is 4. The van der Waals surface area contributed by atoms with Crippen molar-refractivity contribution in [3.05, 3.63) is 35.4 Å². The van der Waals surface area contributed by atoms with Crippen molar-refractivity contribution in [1.29, 1.82) is 0 Å². The molecule has 1 unspecified atom stereocenters. The third kappa shape index (κ3) is 7.21. The summed E-state index contributed by atoms with van der Waals surface area (Å²) in [4.78, 5) is 22.9. The fraction of sp³-hybridized carbons (Fsp3) is 0.636. The number of hydrogen-bond donors (Lipinski definition) is 1. The number of carbonyl (C=O) groups is 1. The van der Waals surface area contributed by atoms with Gasteiger partial charge in [-0.2, -0.15) is 0 Å². The highest BCUT2D eigenvalue weighted by Crippen LogP contribution is 2.22. The van der Waals surface area contributed by atoms with Gasteiger partial charge in [-0.25, -0.2) is 4.79 Å². The maximum absolute atomic E-state index is 11.9. The molecule has 2 saturated heterocycles. The molecule has 0 aromatic heterocycles. The molecule has 1 aromatic rings. The molecular formula is C22H36IN5O3. The van der Waals surface area contributed by atoms with Gasteiger partial charge in [-0.1, -0.05) is 29.8 Å². The van der Waals surface area contributed by atoms with E-state index in [1.807, 2.05) is 14.0 Å². The molecule has 0 spiro atoms. The minimum atomic E-state index is -0.230. The van der Waals surface area contributed by atoms with Crippen LogP contribution in [0, 0.1) is 6.92 Å². The van der Waals surface area contributed by atoms with Crippen molar-refractivity contribution in [2.24, 2.45) is 4.99 Å². The number of rotatable bonds is 5. The Balaban J connectivity index is 0.00000341. The minimum Gasteiger partial charge on any atom is -0.450 e. The van der Waals surface area contributed by atoms with Crippen molar-refractivity contribution in [2.75, 3.05) is 72.7 Å². The van der Waals surface area contributed by atoms with Gasteiger partial charge in [0, 0.05) is 52.9 Å². The van der Waals surface area contributed by atoms with Crippen molar-refractivity contribution in [3.8, 4) is 0 Å². The molecule has 2 aliphatic heterocycles. The van der Waals surface area contributed by atoms with Crippen LogP contribution < -0.4 is 5.32 Å². The summed E-state index contributed by atoms with van der Waals surface area (Å²) in [6.07, 6.45) is -0.230. The van der Waals surface area contributed by atoms with Crippen LogP contribution in [-0.2, 0) is 9.47 Å². The third-order valence-electron chi connectivity index (χ3n) is 5.68. The molecule has 2 heterocycles. The van der Waals surface area contributed by atoms with E-state index in [0.29, 0.717) is 19.7 Å². The number of benzene rings is 1. The number of morpholine rings is 1. The van der Waals surface area contributed by atoms with Gasteiger partial charge in [-0.3, -0.25) is 9.89 Å². The molecule has 0 bridgehead atoms. The summed E-state index contributed by atoms with van der Waals surface area (Å²) in [5, 5.41) is 3.58. The molecule has 1 aromatic carbocycles. The van der Waals surface area contributed by atoms with Crippen LogP contribution in [0.5, 0.6) is 0 Å². The zero-order chi connectivity index (χ0) is 21.3. The summed E-state index contributed by atoms with van der Waals surface area (Å²) < 4.78 is 10.7. The van der Waals surface area contributed by atoms with E-state index in [-0.39, 0.29) is 36.1 Å². The second-order valence-electron chi connectivity index (χ2n) is 7.68. The summed E-state index contributed by atoms with van der Waals surface area (Å²) in [5.74, 6) is 0.879. The van der Waals surface area contributed by atoms with E-state index in [0.717, 1.165) is 51.9 Å². The Morgan fingerprint density at radius 1 is 1.16 bits per heavy atom. The molecule has 1 N–H and O–H groups in total. The average molecular weight is 545 g/mol. The number of aryl methyl sites for hydroxylation is 1. The number of ether oxygens (including phenoxy) is 2. The molecule has 174 valence electrons. The van der Waals surface area contributed by atoms with Crippen molar-refractivity contribution in [1.82, 2.24) is 20.0 Å². The highest BCUT2D eigenvalue weighted by molar-refractivity contribution is 14.0. The lowest BCUT2D eigenvalue weighted by Gasteiger charge is -2.38. The first-order valence-corrected chi connectivity index (χ1v) is 10.9. The fourth-order valence-corrected chi connectivity index (χ4v) is 4.06. The number of halogens is 1. The Morgan fingerprint density at radius 3 is 2.45 bits per heavy atom. The van der Waals surface area contributed by atoms with E-state index in [1.165, 1.54) is 11.1 Å². The maximum Gasteiger partial charge on any atom is 0.409 e. The largest absolute Gasteiger partial charge is 0.450 e. The Labute approximate surface area is 203 Å². The van der Waals surface area contributed by atoms with Gasteiger partial charge in [-0.05, 0) is 19.4 Å². The van der Waals surface area contributed by atoms with E-state index >= 15 is 0 Å². The van der Waals surface area contributed by atoms with Gasteiger partial charge in [0.05, 0.1) is 25.9 Å². The first-order chi connectivity index (χ1) is 14.6. The van der Waals surface area contributed by atoms with E-state index in [2.05, 4.69) is 51.3 Å². The normalized spacial score (nSPS) is 18.9. The van der Waals surface area contributed by atoms with Crippen LogP contribution in [0.2, 0.25) is 0 Å². The highest BCUT2D eigenvalue weighted by Gasteiger charge is 2.26. The minimum absolute atomic E-state index is 0. The number of carbonyl (C=O) groups excluding carboxylic acids is 1. The molecule has 2 aliphatic rings. The topological polar surface area (TPSA) is 69.6 Å². The molecule has 0 aliphatic carbocycles. The van der Waals surface area contributed by atoms with Crippen LogP contribution in [0.4, 0.5) is 4.79 Å². The number of piperazine rings is 1. The van der Waals surface area contributed by atoms with Gasteiger partial charge in [0.1, 0.15) is 0 Å². The van der Waals surface area contributed by atoms with Gasteiger partial charge in [0.2, 0.25) is 0 Å². The second-order valence-corrected chi connectivity index (χ2v) is 7.68. The third-order valence-corrected chi connectivity index (χ3v) is 5.68. The Morgan fingerprint density at radius 2 is 1.84 bits per heavy atom. The molecule has 3 rings (SSSR count). The van der Waals surface area contributed by atoms with Crippen LogP contribution >= 0.6 is 24.0 Å². The molecule has 0 saturated carbocycles. The molecule has 8 nitrogen and oxygen atoms in total. The lowest BCUT2D eigenvalue weighted by Crippen LogP contribution is -2.55. The van der Waals surface area contributed by atoms with Gasteiger partial charge >= 0.3 is 6.09 Å². The van der Waals surface area contributed by atoms with E-state index < -0.39 is 0 Å². The predicted octanol–water partition coefficient (Wildman–Crippen LogP) is 2.34. The standard InChI is InChI=1S/C22H35N5O3.HI/c1-4-30-22(28)27-10-8-26(9-11-27)21(23-3)24-17-20(25-12-14-29-15-13-25)19-7-5-6-18(2)16-19;/h5-7,16,20H,4,8-15,17H2,1-3H3,(H,23,24);1H. The summed E-state index contributed by atoms with van der Waals surface area (Å²) >= 11 is 0. The Bertz CT molecular complexity index is 719. The monoisotopic (exact) mass is 545 g/mol. The molecule has 9 heteroatoms. The first kappa shape index (κ1) is 25.7. The molecule has 2 fully saturated rings. The van der Waals surface area contributed by atoms with Crippen LogP contribution in [0.25, 0.3) is 0 Å². The molecule has 31 heavy (non-hydrogen) atoms. The molecular weight excluding hydrogens is 509 g/mol. The first-order valence-electron chi connectivity index (χ1n) is 10.9. The van der Waals surface area contributed by atoms with Gasteiger partial charge in [-0.15, -0.1) is 24.0 Å². The molecule has 0 radical (unpaired) electrons. The van der Waals surface area contributed by atoms with E-state index in [4.69, 9.17) is 9.47 Å². The zero-order valence-electron chi connectivity index (χ0n) is 18.9. The smallest absolute Gasteiger partial charge is 0.409 e. The van der Waals surface area contributed by atoms with Gasteiger partial charge in [0.25, 0.3) is 0 Å². The lowest BCUT2D eigenvalue weighted by atomic mass is 10.0. The summed E-state index contributed by atoms with van der Waals surface area (Å²) in [7, 11) is 1.82. The Hall–Kier alpha value is -1.59. The van der Waals surface area contributed by atoms with Gasteiger partial charge in [0.15, 0.2) is 5.96 Å². The van der Waals surface area contributed by atoms with Crippen LogP contribution in [0.3, 0.4) is 0 Å². The average Bonchev–Trinajstić information content (AvgIpc) is 2.78. The van der Waals surface area contributed by atoms with Crippen molar-refractivity contribution in [3.63, 3.8) is 0 Å². The summed E-state index contributed by atoms with van der Waals surface area (Å²) in [6.45, 7) is 11.3. The van der Waals surface area contributed by atoms with E-state index in [1.54, 1.807) is 4.90 Å². The van der Waals surface area contributed by atoms with E-state index in [9.17, 15) is 4.79 Å². The van der Waals surface area contributed by atoms with Gasteiger partial charge < -0.3 is 24.6 Å². The second kappa shape index (κ2) is 13.1. The summed E-state index contributed by atoms with van der Waals surface area (Å²) in [5.41, 5.74) is 2.58. The van der Waals surface area contributed by atoms with Crippen molar-refractivity contribution >= 4 is 36.0 Å². The lowest BCUT2D eigenvalue weighted by molar-refractivity contribution is 0.0168. The Kier molecular flexibility index (Phi) is 10.8. The molecule has 1 amide bonds. The quantitative estimate of drug-likeness (QED) is 0.348. The molecule has 1 atom stereocenters. The van der Waals surface area contributed by atoms with Crippen molar-refractivity contribution in [2.45, 2.75) is 19.9 Å². The van der Waals surface area contributed by atoms with Crippen LogP contribution in [-0.4, -0.2) is 99.4 Å². The number of amides is 1. The summed E-state index contributed by atoms with van der Waals surface area (Å²) in [6, 6.07) is 8.99. The number of guanidine groups is 1. The predicted molar refractivity (Wildman–Crippen MR) is 133 cm³/mol. The number of hydrogen-bond acceptors (Lipinski definition) is 5. The highest BCUT2D eigenvalue weighted by atomic mass is 127. The SMILES string of the molecule is CCOC(=O)N1CCN(C(=NC)NCC(c2cccc(C)c2)N2CCOCC2)CC1.I. The number of nitrogens with one attached hydrogen (secondary N) is 1. The number of aliphatic imine (C=N–C) groups is 1. The van der Waals surface area contributed by atoms with Crippen LogP contribution in [0.15, 0.2) is 29.3 Å². The fourth-order valence-electron chi connectivity index (χ4n) is 4.06.